The number of rotatable bonds is 3. The van der Waals surface area contributed by atoms with Crippen molar-refractivity contribution in [3.63, 3.8) is 0 Å². The number of carboxylic acid groups (broad SMARTS) is 1. The highest BCUT2D eigenvalue weighted by molar-refractivity contribution is 5.97. The van der Waals surface area contributed by atoms with Crippen molar-refractivity contribution in [2.75, 3.05) is 4.90 Å². The number of para-hydroxylation sites is 1. The lowest BCUT2D eigenvalue weighted by atomic mass is 10.1. The fourth-order valence-corrected chi connectivity index (χ4v) is 3.39. The number of aromatic carboxylic acids is 1. The molecule has 1 aromatic heterocycles. The molecular weight excluding hydrogens is 264 g/mol. The zero-order valence-electron chi connectivity index (χ0n) is 12.4. The van der Waals surface area contributed by atoms with Crippen LogP contribution in [0, 0.1) is 0 Å². The first-order chi connectivity index (χ1) is 10.1. The molecule has 1 fully saturated rings. The number of anilines is 1. The molecule has 1 N–H and O–H groups in total. The molecule has 2 aromatic rings. The Kier molecular flexibility index (Phi) is 3.53. The number of benzene rings is 1. The minimum absolute atomic E-state index is 0.123. The van der Waals surface area contributed by atoms with Gasteiger partial charge in [-0.05, 0) is 38.3 Å². The second-order valence-corrected chi connectivity index (χ2v) is 5.74. The number of hydrogen-bond donors (Lipinski definition) is 1. The summed E-state index contributed by atoms with van der Waals surface area (Å²) in [6, 6.07) is 10.4. The molecule has 110 valence electrons. The van der Waals surface area contributed by atoms with Crippen LogP contribution >= 0.6 is 0 Å². The van der Waals surface area contributed by atoms with E-state index in [2.05, 4.69) is 23.7 Å². The summed E-state index contributed by atoms with van der Waals surface area (Å²) < 4.78 is 0. The van der Waals surface area contributed by atoms with Gasteiger partial charge in [0, 0.05) is 23.2 Å². The Morgan fingerprint density at radius 3 is 2.86 bits per heavy atom. The average molecular weight is 284 g/mol. The molecular formula is C17H20N2O2. The van der Waals surface area contributed by atoms with E-state index in [0.29, 0.717) is 12.1 Å². The van der Waals surface area contributed by atoms with Gasteiger partial charge in [-0.15, -0.1) is 0 Å². The third-order valence-electron chi connectivity index (χ3n) is 4.45. The van der Waals surface area contributed by atoms with Gasteiger partial charge in [0.05, 0.1) is 5.52 Å². The SMILES string of the molecule is CCC1CCC(C)N1c1cc(C(=O)O)nc2ccccc12. The quantitative estimate of drug-likeness (QED) is 0.933. The molecule has 4 heteroatoms. The maximum Gasteiger partial charge on any atom is 0.354 e. The normalized spacial score (nSPS) is 21.9. The molecule has 0 aliphatic carbocycles. The number of hydrogen-bond acceptors (Lipinski definition) is 3. The predicted molar refractivity (Wildman–Crippen MR) is 84.0 cm³/mol. The van der Waals surface area contributed by atoms with E-state index in [9.17, 15) is 9.90 Å². The molecule has 4 nitrogen and oxygen atoms in total. The van der Waals surface area contributed by atoms with Crippen molar-refractivity contribution >= 4 is 22.6 Å². The van der Waals surface area contributed by atoms with Gasteiger partial charge in [0.25, 0.3) is 0 Å². The van der Waals surface area contributed by atoms with Crippen LogP contribution in [0.15, 0.2) is 30.3 Å². The minimum atomic E-state index is -0.970. The van der Waals surface area contributed by atoms with Crippen LogP contribution in [0.1, 0.15) is 43.6 Å². The number of aromatic nitrogens is 1. The molecule has 3 rings (SSSR count). The zero-order valence-corrected chi connectivity index (χ0v) is 12.4. The van der Waals surface area contributed by atoms with E-state index in [1.807, 2.05) is 24.3 Å². The van der Waals surface area contributed by atoms with E-state index in [-0.39, 0.29) is 5.69 Å². The fourth-order valence-electron chi connectivity index (χ4n) is 3.39. The first-order valence-electron chi connectivity index (χ1n) is 7.53. The summed E-state index contributed by atoms with van der Waals surface area (Å²) in [7, 11) is 0. The van der Waals surface area contributed by atoms with Crippen molar-refractivity contribution in [2.24, 2.45) is 0 Å². The molecule has 1 aromatic carbocycles. The highest BCUT2D eigenvalue weighted by Gasteiger charge is 2.31. The molecule has 0 spiro atoms. The molecule has 1 aliphatic heterocycles. The number of carboxylic acids is 1. The topological polar surface area (TPSA) is 53.4 Å². The maximum absolute atomic E-state index is 11.4. The Balaban J connectivity index is 2.22. The van der Waals surface area contributed by atoms with Gasteiger partial charge in [0.1, 0.15) is 0 Å². The Labute approximate surface area is 124 Å². The van der Waals surface area contributed by atoms with Gasteiger partial charge >= 0.3 is 5.97 Å². The van der Waals surface area contributed by atoms with Crippen molar-refractivity contribution in [3.8, 4) is 0 Å². The molecule has 21 heavy (non-hydrogen) atoms. The van der Waals surface area contributed by atoms with Crippen molar-refractivity contribution in [3.05, 3.63) is 36.0 Å². The largest absolute Gasteiger partial charge is 0.477 e. The van der Waals surface area contributed by atoms with E-state index in [4.69, 9.17) is 0 Å². The van der Waals surface area contributed by atoms with E-state index >= 15 is 0 Å². The first-order valence-corrected chi connectivity index (χ1v) is 7.53. The standard InChI is InChI=1S/C17H20N2O2/c1-3-12-9-8-11(2)19(12)16-10-15(17(20)21)18-14-7-5-4-6-13(14)16/h4-7,10-12H,3,8-9H2,1-2H3,(H,20,21). The molecule has 0 bridgehead atoms. The van der Waals surface area contributed by atoms with E-state index in [1.54, 1.807) is 6.07 Å². The highest BCUT2D eigenvalue weighted by atomic mass is 16.4. The summed E-state index contributed by atoms with van der Waals surface area (Å²) >= 11 is 0. The van der Waals surface area contributed by atoms with Crippen molar-refractivity contribution in [2.45, 2.75) is 45.2 Å². The maximum atomic E-state index is 11.4. The summed E-state index contributed by atoms with van der Waals surface area (Å²) in [5, 5.41) is 10.4. The minimum Gasteiger partial charge on any atom is -0.477 e. The summed E-state index contributed by atoms with van der Waals surface area (Å²) in [5.41, 5.74) is 1.88. The molecule has 2 heterocycles. The number of pyridine rings is 1. The lowest BCUT2D eigenvalue weighted by Crippen LogP contribution is -2.34. The molecule has 1 aliphatic rings. The van der Waals surface area contributed by atoms with Gasteiger partial charge in [-0.2, -0.15) is 0 Å². The second-order valence-electron chi connectivity index (χ2n) is 5.74. The molecule has 0 amide bonds. The van der Waals surface area contributed by atoms with Crippen LogP contribution in [0.25, 0.3) is 10.9 Å². The third-order valence-corrected chi connectivity index (χ3v) is 4.45. The summed E-state index contributed by atoms with van der Waals surface area (Å²) in [4.78, 5) is 18.0. The van der Waals surface area contributed by atoms with Gasteiger partial charge in [-0.3, -0.25) is 0 Å². The van der Waals surface area contributed by atoms with Crippen LogP contribution in [0.3, 0.4) is 0 Å². The van der Waals surface area contributed by atoms with Gasteiger partial charge in [0.15, 0.2) is 5.69 Å². The van der Waals surface area contributed by atoms with Crippen LogP contribution in [0.2, 0.25) is 0 Å². The molecule has 2 unspecified atom stereocenters. The smallest absolute Gasteiger partial charge is 0.354 e. The third kappa shape index (κ3) is 2.35. The van der Waals surface area contributed by atoms with Crippen molar-refractivity contribution in [1.82, 2.24) is 4.98 Å². The highest BCUT2D eigenvalue weighted by Crippen LogP contribution is 2.36. The Morgan fingerprint density at radius 2 is 2.14 bits per heavy atom. The van der Waals surface area contributed by atoms with Crippen LogP contribution in [-0.2, 0) is 0 Å². The molecule has 1 saturated heterocycles. The summed E-state index contributed by atoms with van der Waals surface area (Å²) in [6.07, 6.45) is 3.39. The second kappa shape index (κ2) is 5.35. The van der Waals surface area contributed by atoms with Gasteiger partial charge in [-0.25, -0.2) is 9.78 Å². The van der Waals surface area contributed by atoms with Crippen molar-refractivity contribution in [1.29, 1.82) is 0 Å². The van der Waals surface area contributed by atoms with Crippen LogP contribution in [-0.4, -0.2) is 28.1 Å². The van der Waals surface area contributed by atoms with Gasteiger partial charge in [0.2, 0.25) is 0 Å². The number of carbonyl (C=O) groups is 1. The van der Waals surface area contributed by atoms with Crippen molar-refractivity contribution < 1.29 is 9.90 Å². The molecule has 0 saturated carbocycles. The first kappa shape index (κ1) is 13.9. The zero-order chi connectivity index (χ0) is 15.0. The Bertz CT molecular complexity index is 684. The lowest BCUT2D eigenvalue weighted by Gasteiger charge is -2.31. The van der Waals surface area contributed by atoms with Crippen LogP contribution in [0.5, 0.6) is 0 Å². The fraction of sp³-hybridized carbons (Fsp3) is 0.412. The number of fused-ring (bicyclic) bond motifs is 1. The Hall–Kier alpha value is -2.10. The molecule has 2 atom stereocenters. The summed E-state index contributed by atoms with van der Waals surface area (Å²) in [6.45, 7) is 4.41. The Morgan fingerprint density at radius 1 is 1.38 bits per heavy atom. The molecule has 0 radical (unpaired) electrons. The monoisotopic (exact) mass is 284 g/mol. The lowest BCUT2D eigenvalue weighted by molar-refractivity contribution is 0.0691. The predicted octanol–water partition coefficient (Wildman–Crippen LogP) is 3.70. The summed E-state index contributed by atoms with van der Waals surface area (Å²) in [5.74, 6) is -0.970. The van der Waals surface area contributed by atoms with E-state index in [1.165, 1.54) is 0 Å². The number of nitrogens with zero attached hydrogens (tertiary/aromatic N) is 2. The van der Waals surface area contributed by atoms with Crippen LogP contribution in [0.4, 0.5) is 5.69 Å². The van der Waals surface area contributed by atoms with E-state index in [0.717, 1.165) is 35.9 Å². The van der Waals surface area contributed by atoms with Gasteiger partial charge in [-0.1, -0.05) is 25.1 Å². The van der Waals surface area contributed by atoms with E-state index < -0.39 is 5.97 Å². The average Bonchev–Trinajstić information content (AvgIpc) is 2.86. The van der Waals surface area contributed by atoms with Gasteiger partial charge < -0.3 is 10.0 Å². The van der Waals surface area contributed by atoms with Crippen LogP contribution < -0.4 is 4.90 Å².